The average molecular weight is 430 g/mol. The van der Waals surface area contributed by atoms with Gasteiger partial charge in [0.2, 0.25) is 0 Å². The molecule has 0 aliphatic carbocycles. The third kappa shape index (κ3) is 5.05. The van der Waals surface area contributed by atoms with Gasteiger partial charge in [0.25, 0.3) is 0 Å². The minimum atomic E-state index is -4.31. The Morgan fingerprint density at radius 1 is 1.19 bits per heavy atom. The smallest absolute Gasteiger partial charge is 0.405 e. The molecule has 31 heavy (non-hydrogen) atoms. The molecule has 1 aromatic carbocycles. The van der Waals surface area contributed by atoms with Crippen LogP contribution < -0.4 is 15.8 Å². The highest BCUT2D eigenvalue weighted by atomic mass is 19.4. The second-order valence-electron chi connectivity index (χ2n) is 7.24. The van der Waals surface area contributed by atoms with Gasteiger partial charge in [-0.2, -0.15) is 13.2 Å². The number of fused-ring (bicyclic) bond motifs is 1. The van der Waals surface area contributed by atoms with Crippen LogP contribution in [-0.2, 0) is 4.74 Å². The highest BCUT2D eigenvalue weighted by Gasteiger charge is 2.26. The molecule has 1 fully saturated rings. The first-order valence-electron chi connectivity index (χ1n) is 9.70. The van der Waals surface area contributed by atoms with Crippen LogP contribution in [0.2, 0.25) is 0 Å². The number of hydrogen-bond donors (Lipinski definition) is 2. The molecule has 9 heteroatoms. The fraction of sp³-hybridized carbons (Fsp3) is 0.273. The highest BCUT2D eigenvalue weighted by Crippen LogP contribution is 2.30. The number of halogens is 3. The predicted octanol–water partition coefficient (Wildman–Crippen LogP) is 4.17. The van der Waals surface area contributed by atoms with Crippen LogP contribution in [0.4, 0.5) is 19.0 Å². The van der Waals surface area contributed by atoms with Crippen LogP contribution >= 0.6 is 0 Å². The van der Waals surface area contributed by atoms with Gasteiger partial charge in [0.15, 0.2) is 5.75 Å². The summed E-state index contributed by atoms with van der Waals surface area (Å²) in [5.41, 5.74) is 9.33. The molecule has 3 aromatic rings. The molecule has 0 saturated carbocycles. The summed E-state index contributed by atoms with van der Waals surface area (Å²) in [5.74, 6) is 0.881. The van der Waals surface area contributed by atoms with E-state index >= 15 is 0 Å². The van der Waals surface area contributed by atoms with Crippen molar-refractivity contribution in [1.29, 1.82) is 0 Å². The number of ether oxygens (including phenoxy) is 2. The number of hydrogen-bond acceptors (Lipinski definition) is 6. The number of alkyl halides is 3. The Morgan fingerprint density at radius 3 is 2.65 bits per heavy atom. The van der Waals surface area contributed by atoms with Crippen LogP contribution in [0, 0.1) is 0 Å². The van der Waals surface area contributed by atoms with E-state index < -0.39 is 12.7 Å². The number of nitrogens with one attached hydrogen (secondary N) is 1. The Labute approximate surface area is 176 Å². The molecule has 1 atom stereocenters. The molecule has 1 aliphatic heterocycles. The molecule has 3 heterocycles. The maximum atomic E-state index is 12.4. The molecule has 0 amide bonds. The van der Waals surface area contributed by atoms with Crippen LogP contribution in [0.3, 0.4) is 0 Å². The van der Waals surface area contributed by atoms with Crippen LogP contribution in [0.1, 0.15) is 12.0 Å². The summed E-state index contributed by atoms with van der Waals surface area (Å²) >= 11 is 0. The lowest BCUT2D eigenvalue weighted by molar-refractivity contribution is -0.122. The SMILES string of the molecule is C=C(NCC(F)(F)F)c1ccc(-c2ccc3nc(N)cc(O[C@H]4CCOC4)c3n2)cc1. The fourth-order valence-corrected chi connectivity index (χ4v) is 3.28. The molecule has 162 valence electrons. The predicted molar refractivity (Wildman–Crippen MR) is 112 cm³/mol. The summed E-state index contributed by atoms with van der Waals surface area (Å²) < 4.78 is 48.6. The Kier molecular flexibility index (Phi) is 5.69. The summed E-state index contributed by atoms with van der Waals surface area (Å²) in [6.07, 6.45) is -3.58. The Bertz CT molecular complexity index is 1090. The quantitative estimate of drug-likeness (QED) is 0.611. The minimum absolute atomic E-state index is 0.0649. The van der Waals surface area contributed by atoms with Crippen molar-refractivity contribution in [2.24, 2.45) is 0 Å². The normalized spacial score (nSPS) is 16.4. The molecular weight excluding hydrogens is 409 g/mol. The van der Waals surface area contributed by atoms with E-state index in [4.69, 9.17) is 20.2 Å². The van der Waals surface area contributed by atoms with Gasteiger partial charge in [0.1, 0.15) is 24.0 Å². The maximum Gasteiger partial charge on any atom is 0.405 e. The summed E-state index contributed by atoms with van der Waals surface area (Å²) in [4.78, 5) is 9.02. The molecule has 0 bridgehead atoms. The first kappa shape index (κ1) is 20.9. The van der Waals surface area contributed by atoms with Crippen molar-refractivity contribution in [1.82, 2.24) is 15.3 Å². The number of benzene rings is 1. The van der Waals surface area contributed by atoms with Crippen molar-refractivity contribution in [3.05, 3.63) is 54.6 Å². The third-order valence-corrected chi connectivity index (χ3v) is 4.85. The van der Waals surface area contributed by atoms with E-state index in [2.05, 4.69) is 16.9 Å². The zero-order chi connectivity index (χ0) is 22.0. The van der Waals surface area contributed by atoms with Gasteiger partial charge in [0, 0.05) is 23.7 Å². The number of anilines is 1. The summed E-state index contributed by atoms with van der Waals surface area (Å²) in [6, 6.07) is 12.2. The van der Waals surface area contributed by atoms with Gasteiger partial charge in [-0.25, -0.2) is 9.97 Å². The van der Waals surface area contributed by atoms with Crippen molar-refractivity contribution in [3.63, 3.8) is 0 Å². The number of nitrogens with zero attached hydrogens (tertiary/aromatic N) is 2. The molecule has 0 radical (unpaired) electrons. The van der Waals surface area contributed by atoms with E-state index in [9.17, 15) is 13.2 Å². The zero-order valence-corrected chi connectivity index (χ0v) is 16.6. The molecule has 4 rings (SSSR count). The zero-order valence-electron chi connectivity index (χ0n) is 16.6. The van der Waals surface area contributed by atoms with Crippen molar-refractivity contribution in [3.8, 4) is 17.0 Å². The Hall–Kier alpha value is -3.33. The van der Waals surface area contributed by atoms with Gasteiger partial charge < -0.3 is 20.5 Å². The third-order valence-electron chi connectivity index (χ3n) is 4.85. The van der Waals surface area contributed by atoms with E-state index in [0.717, 1.165) is 12.0 Å². The second-order valence-corrected chi connectivity index (χ2v) is 7.24. The molecular formula is C22H21F3N4O2. The first-order chi connectivity index (χ1) is 14.8. The van der Waals surface area contributed by atoms with Crippen LogP contribution in [0.25, 0.3) is 28.0 Å². The monoisotopic (exact) mass is 430 g/mol. The molecule has 3 N–H and O–H groups in total. The van der Waals surface area contributed by atoms with Gasteiger partial charge in [-0.05, 0) is 17.7 Å². The number of pyridine rings is 2. The lowest BCUT2D eigenvalue weighted by Gasteiger charge is -2.15. The van der Waals surface area contributed by atoms with Crippen molar-refractivity contribution in [2.75, 3.05) is 25.5 Å². The average Bonchev–Trinajstić information content (AvgIpc) is 3.24. The van der Waals surface area contributed by atoms with Gasteiger partial charge >= 0.3 is 6.18 Å². The highest BCUT2D eigenvalue weighted by molar-refractivity contribution is 5.85. The molecule has 1 saturated heterocycles. The number of nitrogens with two attached hydrogens (primary N) is 1. The lowest BCUT2D eigenvalue weighted by Crippen LogP contribution is -2.27. The van der Waals surface area contributed by atoms with E-state index in [1.807, 2.05) is 12.1 Å². The van der Waals surface area contributed by atoms with E-state index in [1.165, 1.54) is 0 Å². The number of nitrogen functional groups attached to an aromatic ring is 1. The Balaban J connectivity index is 1.59. The molecule has 2 aromatic heterocycles. The molecule has 6 nitrogen and oxygen atoms in total. The molecule has 1 aliphatic rings. The van der Waals surface area contributed by atoms with Gasteiger partial charge in [0.05, 0.1) is 24.4 Å². The number of rotatable bonds is 6. The summed E-state index contributed by atoms with van der Waals surface area (Å²) in [7, 11) is 0. The molecule has 0 unspecified atom stereocenters. The van der Waals surface area contributed by atoms with E-state index in [0.29, 0.717) is 47.1 Å². The summed E-state index contributed by atoms with van der Waals surface area (Å²) in [6.45, 7) is 3.69. The maximum absolute atomic E-state index is 12.4. The van der Waals surface area contributed by atoms with Crippen molar-refractivity contribution in [2.45, 2.75) is 18.7 Å². The van der Waals surface area contributed by atoms with Gasteiger partial charge in [-0.15, -0.1) is 0 Å². The van der Waals surface area contributed by atoms with Crippen LogP contribution in [0.15, 0.2) is 49.0 Å². The molecule has 0 spiro atoms. The summed E-state index contributed by atoms with van der Waals surface area (Å²) in [5, 5.41) is 2.29. The van der Waals surface area contributed by atoms with Crippen molar-refractivity contribution >= 4 is 22.5 Å². The van der Waals surface area contributed by atoms with E-state index in [-0.39, 0.29) is 11.8 Å². The second kappa shape index (κ2) is 8.43. The van der Waals surface area contributed by atoms with Gasteiger partial charge in [-0.3, -0.25) is 0 Å². The first-order valence-corrected chi connectivity index (χ1v) is 9.70. The number of aromatic nitrogens is 2. The van der Waals surface area contributed by atoms with E-state index in [1.54, 1.807) is 30.3 Å². The fourth-order valence-electron chi connectivity index (χ4n) is 3.28. The van der Waals surface area contributed by atoms with Crippen LogP contribution in [0.5, 0.6) is 5.75 Å². The minimum Gasteiger partial charge on any atom is -0.485 e. The lowest BCUT2D eigenvalue weighted by atomic mass is 10.1. The largest absolute Gasteiger partial charge is 0.485 e. The van der Waals surface area contributed by atoms with Crippen LogP contribution in [-0.4, -0.2) is 42.0 Å². The topological polar surface area (TPSA) is 82.3 Å². The standard InChI is InChI=1S/C22H21F3N4O2/c1-13(27-12-22(23,24)25)14-2-4-15(5-3-14)17-6-7-18-21(29-17)19(10-20(26)28-18)31-16-8-9-30-11-16/h2-7,10,16,27H,1,8-9,11-12H2,(H2,26,28)/t16-/m0/s1. The van der Waals surface area contributed by atoms with Gasteiger partial charge in [-0.1, -0.05) is 30.8 Å². The van der Waals surface area contributed by atoms with Crippen molar-refractivity contribution < 1.29 is 22.6 Å². The Morgan fingerprint density at radius 2 is 1.97 bits per heavy atom.